The quantitative estimate of drug-likeness (QED) is 0.161. The van der Waals surface area contributed by atoms with Gasteiger partial charge in [-0.3, -0.25) is 9.13 Å². The van der Waals surface area contributed by atoms with Crippen molar-refractivity contribution in [2.45, 2.75) is 0 Å². The minimum Gasteiger partial charge on any atom is -0.456 e. The zero-order valence-corrected chi connectivity index (χ0v) is 37.3. The number of aromatic nitrogens is 7. The molecule has 0 amide bonds. The number of para-hydroxylation sites is 7. The largest absolute Gasteiger partial charge is 0.456 e. The van der Waals surface area contributed by atoms with Crippen LogP contribution in [0.3, 0.4) is 0 Å². The summed E-state index contributed by atoms with van der Waals surface area (Å²) >= 11 is 0. The van der Waals surface area contributed by atoms with E-state index in [4.69, 9.17) is 36.9 Å². The molecular formula is C64H36N8O. The Labute approximate surface area is 441 Å². The number of hydrogen-bond donors (Lipinski definition) is 0. The smallest absolute Gasteiger partial charge is 0.240 e. The molecule has 338 valence electrons. The van der Waals surface area contributed by atoms with Gasteiger partial charge in [-0.2, -0.15) is 15.0 Å². The average molecular weight is 952 g/mol. The minimum atomic E-state index is -0.809. The van der Waals surface area contributed by atoms with Crippen LogP contribution < -0.4 is 0 Å². The van der Waals surface area contributed by atoms with Crippen LogP contribution in [-0.2, 0) is 0 Å². The normalized spacial score (nSPS) is 15.7. The molecule has 0 saturated carbocycles. The summed E-state index contributed by atoms with van der Waals surface area (Å²) in [6, 6.07) is 16.1. The Bertz CT molecular complexity index is 5900. The third kappa shape index (κ3) is 5.46. The SMILES string of the molecule is [2H]c1c([2H])c(-n2c3ccccc3c3cc([N+]#[C-])ccc32)c(-c2nc(-n3c4c([2H])c([2H])c([2H])c([2H])c4c4c([2H])c([2H])c([2H])c([2H])c43)nc(-n3c4c([2H])c([2H])c([2H])c([2H])c4c4c([2H])c([2H])c([2H])c([2H])c43)n2)c(-n2c3ccccc3c3ccc4oc5ccccc5c4c32)c1[2H]. The zero-order chi connectivity index (χ0) is 64.4. The highest BCUT2D eigenvalue weighted by molar-refractivity contribution is 6.25. The Morgan fingerprint density at radius 3 is 1.51 bits per heavy atom. The van der Waals surface area contributed by atoms with Gasteiger partial charge >= 0.3 is 0 Å². The Morgan fingerprint density at radius 2 is 0.904 bits per heavy atom. The van der Waals surface area contributed by atoms with E-state index in [0.29, 0.717) is 65.6 Å². The summed E-state index contributed by atoms with van der Waals surface area (Å²) < 4.78 is 191. The predicted octanol–water partition coefficient (Wildman–Crippen LogP) is 16.4. The molecule has 0 spiro atoms. The van der Waals surface area contributed by atoms with Crippen molar-refractivity contribution >= 4 is 115 Å². The molecule has 16 aromatic rings. The maximum atomic E-state index is 10.5. The number of benzene rings is 10. The summed E-state index contributed by atoms with van der Waals surface area (Å²) in [5, 5.41) is 2.00. The molecule has 6 aromatic heterocycles. The molecular weight excluding hydrogens is 897 g/mol. The summed E-state index contributed by atoms with van der Waals surface area (Å²) in [4.78, 5) is 19.1. The van der Waals surface area contributed by atoms with Crippen molar-refractivity contribution < 1.29 is 30.5 Å². The maximum Gasteiger partial charge on any atom is 0.240 e. The van der Waals surface area contributed by atoms with E-state index in [2.05, 4.69) is 4.85 Å². The molecule has 10 aromatic carbocycles. The predicted molar refractivity (Wildman–Crippen MR) is 296 cm³/mol. The third-order valence-electron chi connectivity index (χ3n) is 13.5. The maximum absolute atomic E-state index is 10.5. The lowest BCUT2D eigenvalue weighted by atomic mass is 10.1. The summed E-state index contributed by atoms with van der Waals surface area (Å²) in [6.45, 7) is 8.05. The van der Waals surface area contributed by atoms with E-state index in [1.807, 2.05) is 42.5 Å². The number of rotatable bonds is 5. The Hall–Kier alpha value is -10.3. The van der Waals surface area contributed by atoms with Gasteiger partial charge in [0, 0.05) is 43.1 Å². The standard InChI is InChI=1S/C64H36N8O/c1-65-38-33-35-54-47(37-38)44-22-7-9-24-48(44)69(54)55-30-16-31-56(70-49-25-10-6-21-43(49)45-34-36-58-59(61(45)70)46-23-8-15-32-57(46)73-58)60(55)62-66-63(71-50-26-11-2-17-39(50)40-18-3-12-27-51(40)71)68-64(67-62)72-52-28-13-4-19-41(52)42-20-5-14-29-53(42)72/h2-37H/i2D,3D,4D,5D,11D,12D,13D,14D,16D,17D,18D,19D,20D,26D,27D,28D,29D,30D,31D. The van der Waals surface area contributed by atoms with Crippen molar-refractivity contribution in [1.29, 1.82) is 0 Å². The molecule has 6 heterocycles. The fourth-order valence-electron chi connectivity index (χ4n) is 10.6. The van der Waals surface area contributed by atoms with Crippen LogP contribution in [0.1, 0.15) is 26.0 Å². The lowest BCUT2D eigenvalue weighted by molar-refractivity contribution is 0.669. The van der Waals surface area contributed by atoms with Crippen molar-refractivity contribution in [2.75, 3.05) is 0 Å². The van der Waals surface area contributed by atoms with Gasteiger partial charge in [0.1, 0.15) is 11.2 Å². The molecule has 73 heavy (non-hydrogen) atoms. The molecule has 0 aliphatic heterocycles. The van der Waals surface area contributed by atoms with Crippen LogP contribution in [0.2, 0.25) is 0 Å². The highest BCUT2D eigenvalue weighted by atomic mass is 16.3. The van der Waals surface area contributed by atoms with Crippen LogP contribution in [0.15, 0.2) is 222 Å². The molecule has 0 fully saturated rings. The van der Waals surface area contributed by atoms with E-state index >= 15 is 0 Å². The molecule has 0 saturated heterocycles. The molecule has 0 aliphatic rings. The first-order valence-corrected chi connectivity index (χ1v) is 22.8. The van der Waals surface area contributed by atoms with Crippen molar-refractivity contribution in [1.82, 2.24) is 33.2 Å². The van der Waals surface area contributed by atoms with Crippen LogP contribution in [0, 0.1) is 6.57 Å². The van der Waals surface area contributed by atoms with Crippen LogP contribution in [0.4, 0.5) is 5.69 Å². The molecule has 9 nitrogen and oxygen atoms in total. The fourth-order valence-corrected chi connectivity index (χ4v) is 10.6. The lowest BCUT2D eigenvalue weighted by Gasteiger charge is -2.20. The second kappa shape index (κ2) is 14.9. The summed E-state index contributed by atoms with van der Waals surface area (Å²) in [7, 11) is 0. The van der Waals surface area contributed by atoms with Crippen LogP contribution in [0.5, 0.6) is 0 Å². The second-order valence-electron chi connectivity index (χ2n) is 17.2. The summed E-state index contributed by atoms with van der Waals surface area (Å²) in [5.74, 6) is -1.99. The fraction of sp³-hybridized carbons (Fsp3) is 0. The number of hydrogen-bond acceptors (Lipinski definition) is 4. The second-order valence-corrected chi connectivity index (χ2v) is 17.2. The summed E-state index contributed by atoms with van der Waals surface area (Å²) in [5.41, 5.74) is 0.318. The molecule has 16 rings (SSSR count). The van der Waals surface area contributed by atoms with Gasteiger partial charge in [0.15, 0.2) is 11.5 Å². The topological polar surface area (TPSA) is 75.9 Å². The van der Waals surface area contributed by atoms with E-state index in [0.717, 1.165) is 9.13 Å². The van der Waals surface area contributed by atoms with Gasteiger partial charge in [0.2, 0.25) is 11.9 Å². The summed E-state index contributed by atoms with van der Waals surface area (Å²) in [6.07, 6.45) is 0. The number of fused-ring (bicyclic) bond motifs is 16. The molecule has 0 atom stereocenters. The molecule has 0 bridgehead atoms. The Morgan fingerprint density at radius 1 is 0.397 bits per heavy atom. The van der Waals surface area contributed by atoms with Crippen LogP contribution >= 0.6 is 0 Å². The van der Waals surface area contributed by atoms with Gasteiger partial charge in [-0.15, -0.1) is 0 Å². The zero-order valence-electron chi connectivity index (χ0n) is 56.3. The van der Waals surface area contributed by atoms with Crippen molar-refractivity contribution in [2.24, 2.45) is 0 Å². The molecule has 0 radical (unpaired) electrons. The first-order chi connectivity index (χ1) is 44.1. The van der Waals surface area contributed by atoms with Crippen molar-refractivity contribution in [3.8, 4) is 34.7 Å². The first kappa shape index (κ1) is 25.5. The molecule has 9 heteroatoms. The van der Waals surface area contributed by atoms with E-state index in [1.165, 1.54) is 0 Å². The van der Waals surface area contributed by atoms with Crippen molar-refractivity contribution in [3.05, 3.63) is 229 Å². The molecule has 0 N–H and O–H groups in total. The van der Waals surface area contributed by atoms with Gasteiger partial charge in [-0.05, 0) is 84.1 Å². The van der Waals surface area contributed by atoms with Gasteiger partial charge in [-0.25, -0.2) is 4.85 Å². The number of nitrogens with zero attached hydrogens (tertiary/aromatic N) is 8. The minimum absolute atomic E-state index is 0.172. The van der Waals surface area contributed by atoms with E-state index < -0.39 is 176 Å². The van der Waals surface area contributed by atoms with Crippen LogP contribution in [-0.4, -0.2) is 33.2 Å². The monoisotopic (exact) mass is 951 g/mol. The van der Waals surface area contributed by atoms with Gasteiger partial charge in [0.05, 0.1) is 99.1 Å². The van der Waals surface area contributed by atoms with Gasteiger partial charge in [0.25, 0.3) is 0 Å². The highest BCUT2D eigenvalue weighted by Gasteiger charge is 2.28. The number of furan rings is 1. The van der Waals surface area contributed by atoms with E-state index in [9.17, 15) is 15.1 Å². The van der Waals surface area contributed by atoms with Gasteiger partial charge < -0.3 is 13.6 Å². The molecule has 0 aliphatic carbocycles. The van der Waals surface area contributed by atoms with E-state index in [-0.39, 0.29) is 22.6 Å². The Kier molecular flexibility index (Phi) is 5.19. The van der Waals surface area contributed by atoms with Crippen molar-refractivity contribution in [3.63, 3.8) is 0 Å². The Balaban J connectivity index is 1.22. The molecule has 0 unspecified atom stereocenters. The van der Waals surface area contributed by atoms with Crippen LogP contribution in [0.25, 0.3) is 149 Å². The van der Waals surface area contributed by atoms with E-state index in [1.54, 1.807) is 69.8 Å². The third-order valence-corrected chi connectivity index (χ3v) is 13.5. The van der Waals surface area contributed by atoms with Gasteiger partial charge in [-0.1, -0.05) is 139 Å². The highest BCUT2D eigenvalue weighted by Crippen LogP contribution is 2.46. The lowest BCUT2D eigenvalue weighted by Crippen LogP contribution is -2.12. The average Bonchev–Trinajstić information content (AvgIpc) is 1.53. The first-order valence-electron chi connectivity index (χ1n) is 32.3.